The van der Waals surface area contributed by atoms with Crippen molar-refractivity contribution < 1.29 is 14.3 Å². The number of rotatable bonds is 6. The lowest BCUT2D eigenvalue weighted by molar-refractivity contribution is 0.0162. The second-order valence-electron chi connectivity index (χ2n) is 6.13. The van der Waals surface area contributed by atoms with Gasteiger partial charge in [0.2, 0.25) is 0 Å². The first-order valence-corrected chi connectivity index (χ1v) is 9.05. The van der Waals surface area contributed by atoms with Crippen molar-refractivity contribution in [2.45, 2.75) is 6.04 Å². The molecule has 0 saturated carbocycles. The molecule has 1 heterocycles. The molecule has 2 aromatic carbocycles. The summed E-state index contributed by atoms with van der Waals surface area (Å²) in [5, 5.41) is 3.75. The summed E-state index contributed by atoms with van der Waals surface area (Å²) in [5.74, 6) is 0.530. The van der Waals surface area contributed by atoms with Crippen LogP contribution in [0.3, 0.4) is 0 Å². The Labute approximate surface area is 158 Å². The summed E-state index contributed by atoms with van der Waals surface area (Å²) in [6, 6.07) is 14.9. The highest BCUT2D eigenvalue weighted by atomic mass is 35.5. The number of morpholine rings is 1. The first kappa shape index (κ1) is 18.7. The number of hydrogen-bond acceptors (Lipinski definition) is 4. The predicted octanol–water partition coefficient (Wildman–Crippen LogP) is 3.15. The van der Waals surface area contributed by atoms with Crippen molar-refractivity contribution in [3.05, 3.63) is 64.7 Å². The van der Waals surface area contributed by atoms with Crippen LogP contribution in [0.4, 0.5) is 0 Å². The van der Waals surface area contributed by atoms with Crippen LogP contribution >= 0.6 is 11.6 Å². The van der Waals surface area contributed by atoms with Crippen molar-refractivity contribution >= 4 is 17.5 Å². The van der Waals surface area contributed by atoms with Gasteiger partial charge < -0.3 is 14.8 Å². The summed E-state index contributed by atoms with van der Waals surface area (Å²) in [6.07, 6.45) is 0. The molecule has 0 aliphatic carbocycles. The highest BCUT2D eigenvalue weighted by Crippen LogP contribution is 2.28. The molecule has 0 bridgehead atoms. The molecule has 1 N–H and O–H groups in total. The number of hydrogen-bond donors (Lipinski definition) is 1. The molecule has 1 saturated heterocycles. The van der Waals surface area contributed by atoms with Crippen LogP contribution in [0.5, 0.6) is 5.75 Å². The third kappa shape index (κ3) is 4.55. The highest BCUT2D eigenvalue weighted by molar-refractivity contribution is 6.31. The topological polar surface area (TPSA) is 50.8 Å². The van der Waals surface area contributed by atoms with Crippen LogP contribution in [0.25, 0.3) is 0 Å². The minimum atomic E-state index is -0.130. The summed E-state index contributed by atoms with van der Waals surface area (Å²) in [4.78, 5) is 14.9. The predicted molar refractivity (Wildman–Crippen MR) is 102 cm³/mol. The highest BCUT2D eigenvalue weighted by Gasteiger charge is 2.25. The summed E-state index contributed by atoms with van der Waals surface area (Å²) in [7, 11) is 1.59. The average Bonchev–Trinajstić information content (AvgIpc) is 2.70. The van der Waals surface area contributed by atoms with E-state index in [0.29, 0.717) is 36.1 Å². The molecule has 1 atom stereocenters. The summed E-state index contributed by atoms with van der Waals surface area (Å²) < 4.78 is 10.7. The van der Waals surface area contributed by atoms with E-state index in [-0.39, 0.29) is 11.9 Å². The number of halogens is 1. The number of carbonyl (C=O) groups excluding carboxylic acids is 1. The van der Waals surface area contributed by atoms with Crippen LogP contribution in [0, 0.1) is 0 Å². The van der Waals surface area contributed by atoms with Crippen LogP contribution in [0.2, 0.25) is 5.02 Å². The van der Waals surface area contributed by atoms with Gasteiger partial charge in [-0.3, -0.25) is 9.69 Å². The van der Waals surface area contributed by atoms with Gasteiger partial charge in [0, 0.05) is 30.2 Å². The summed E-state index contributed by atoms with van der Waals surface area (Å²) in [5.41, 5.74) is 1.59. The van der Waals surface area contributed by atoms with Gasteiger partial charge in [0.1, 0.15) is 5.75 Å². The minimum absolute atomic E-state index is 0.00200. The lowest BCUT2D eigenvalue weighted by atomic mass is 10.0. The smallest absolute Gasteiger partial charge is 0.251 e. The second kappa shape index (κ2) is 9.03. The Morgan fingerprint density at radius 1 is 1.23 bits per heavy atom. The Balaban J connectivity index is 1.75. The van der Waals surface area contributed by atoms with E-state index in [1.165, 1.54) is 0 Å². The quantitative estimate of drug-likeness (QED) is 0.843. The maximum absolute atomic E-state index is 12.6. The Bertz CT molecular complexity index is 747. The molecule has 0 radical (unpaired) electrons. The zero-order valence-corrected chi connectivity index (χ0v) is 15.5. The number of methoxy groups -OCH3 is 1. The standard InChI is InChI=1S/C20H23ClN2O3/c1-25-16-6-4-5-15(13-16)20(24)22-14-19(23-9-11-26-12-10-23)17-7-2-3-8-18(17)21/h2-8,13,19H,9-12,14H2,1H3,(H,22,24)/t19-/m1/s1. The number of carbonyl (C=O) groups is 1. The largest absolute Gasteiger partial charge is 0.497 e. The Kier molecular flexibility index (Phi) is 6.50. The molecule has 1 fully saturated rings. The lowest BCUT2D eigenvalue weighted by Crippen LogP contribution is -2.44. The number of benzene rings is 2. The van der Waals surface area contributed by atoms with Gasteiger partial charge in [0.25, 0.3) is 5.91 Å². The van der Waals surface area contributed by atoms with E-state index in [9.17, 15) is 4.79 Å². The van der Waals surface area contributed by atoms with Crippen molar-refractivity contribution in [2.75, 3.05) is 40.0 Å². The third-order valence-electron chi connectivity index (χ3n) is 4.54. The monoisotopic (exact) mass is 374 g/mol. The van der Waals surface area contributed by atoms with E-state index in [4.69, 9.17) is 21.1 Å². The maximum Gasteiger partial charge on any atom is 0.251 e. The molecule has 26 heavy (non-hydrogen) atoms. The maximum atomic E-state index is 12.6. The van der Waals surface area contributed by atoms with E-state index < -0.39 is 0 Å². The van der Waals surface area contributed by atoms with Crippen LogP contribution in [0.1, 0.15) is 22.0 Å². The molecular weight excluding hydrogens is 352 g/mol. The molecule has 0 spiro atoms. The molecule has 1 amide bonds. The van der Waals surface area contributed by atoms with Crippen molar-refractivity contribution in [3.8, 4) is 5.75 Å². The molecule has 6 heteroatoms. The minimum Gasteiger partial charge on any atom is -0.497 e. The van der Waals surface area contributed by atoms with E-state index in [0.717, 1.165) is 18.7 Å². The van der Waals surface area contributed by atoms with Crippen LogP contribution in [-0.2, 0) is 4.74 Å². The lowest BCUT2D eigenvalue weighted by Gasteiger charge is -2.35. The Morgan fingerprint density at radius 2 is 2.00 bits per heavy atom. The SMILES string of the molecule is COc1cccc(C(=O)NC[C@H](c2ccccc2Cl)N2CCOCC2)c1. The van der Waals surface area contributed by atoms with E-state index in [1.807, 2.05) is 30.3 Å². The van der Waals surface area contributed by atoms with Gasteiger partial charge in [0.05, 0.1) is 26.4 Å². The van der Waals surface area contributed by atoms with Crippen molar-refractivity contribution in [1.29, 1.82) is 0 Å². The number of nitrogens with zero attached hydrogens (tertiary/aromatic N) is 1. The summed E-state index contributed by atoms with van der Waals surface area (Å²) in [6.45, 7) is 3.46. The molecule has 5 nitrogen and oxygen atoms in total. The molecule has 3 rings (SSSR count). The zero-order valence-electron chi connectivity index (χ0n) is 14.8. The summed E-state index contributed by atoms with van der Waals surface area (Å²) >= 11 is 6.42. The van der Waals surface area contributed by atoms with E-state index >= 15 is 0 Å². The van der Waals surface area contributed by atoms with Gasteiger partial charge >= 0.3 is 0 Å². The van der Waals surface area contributed by atoms with Gasteiger partial charge in [-0.1, -0.05) is 35.9 Å². The van der Waals surface area contributed by atoms with Crippen LogP contribution in [-0.4, -0.2) is 50.8 Å². The molecule has 138 valence electrons. The molecule has 1 aliphatic heterocycles. The first-order chi connectivity index (χ1) is 12.7. The van der Waals surface area contributed by atoms with Crippen molar-refractivity contribution in [2.24, 2.45) is 0 Å². The third-order valence-corrected chi connectivity index (χ3v) is 4.88. The van der Waals surface area contributed by atoms with Gasteiger partial charge in [-0.05, 0) is 29.8 Å². The number of ether oxygens (including phenoxy) is 2. The first-order valence-electron chi connectivity index (χ1n) is 8.67. The molecular formula is C20H23ClN2O3. The Morgan fingerprint density at radius 3 is 2.73 bits per heavy atom. The normalized spacial score (nSPS) is 16.1. The molecule has 2 aromatic rings. The fourth-order valence-corrected chi connectivity index (χ4v) is 3.39. The van der Waals surface area contributed by atoms with Crippen LogP contribution in [0.15, 0.2) is 48.5 Å². The molecule has 0 unspecified atom stereocenters. The number of amides is 1. The van der Waals surface area contributed by atoms with Gasteiger partial charge in [-0.15, -0.1) is 0 Å². The van der Waals surface area contributed by atoms with Crippen molar-refractivity contribution in [3.63, 3.8) is 0 Å². The fraction of sp³-hybridized carbons (Fsp3) is 0.350. The van der Waals surface area contributed by atoms with E-state index in [2.05, 4.69) is 10.2 Å². The van der Waals surface area contributed by atoms with Gasteiger partial charge in [-0.2, -0.15) is 0 Å². The fourth-order valence-electron chi connectivity index (χ4n) is 3.13. The second-order valence-corrected chi connectivity index (χ2v) is 6.53. The van der Waals surface area contributed by atoms with Gasteiger partial charge in [0.15, 0.2) is 0 Å². The Hall–Kier alpha value is -2.08. The number of nitrogens with one attached hydrogen (secondary N) is 1. The average molecular weight is 375 g/mol. The van der Waals surface area contributed by atoms with Crippen molar-refractivity contribution in [1.82, 2.24) is 10.2 Å². The van der Waals surface area contributed by atoms with E-state index in [1.54, 1.807) is 25.3 Å². The molecule has 1 aliphatic rings. The molecule has 0 aromatic heterocycles. The zero-order chi connectivity index (χ0) is 18.4. The van der Waals surface area contributed by atoms with Gasteiger partial charge in [-0.25, -0.2) is 0 Å². The van der Waals surface area contributed by atoms with Crippen LogP contribution < -0.4 is 10.1 Å².